The number of amides is 1. The number of aryl methyl sites for hydroxylation is 1. The van der Waals surface area contributed by atoms with Crippen molar-refractivity contribution in [2.75, 3.05) is 13.1 Å². The Kier molecular flexibility index (Phi) is 6.78. The van der Waals surface area contributed by atoms with Crippen LogP contribution in [-0.2, 0) is 0 Å². The minimum atomic E-state index is -0.161. The van der Waals surface area contributed by atoms with E-state index >= 15 is 0 Å². The molecule has 3 rings (SSSR count). The van der Waals surface area contributed by atoms with Gasteiger partial charge in [0.15, 0.2) is 5.69 Å². The highest BCUT2D eigenvalue weighted by Gasteiger charge is 2.24. The van der Waals surface area contributed by atoms with E-state index in [1.54, 1.807) is 0 Å². The van der Waals surface area contributed by atoms with E-state index in [1.807, 2.05) is 24.6 Å². The highest BCUT2D eigenvalue weighted by Crippen LogP contribution is 2.22. The summed E-state index contributed by atoms with van der Waals surface area (Å²) in [5.41, 5.74) is 4.85. The van der Waals surface area contributed by atoms with Gasteiger partial charge in [0, 0.05) is 0 Å². The molecule has 1 aliphatic heterocycles. The second-order valence-electron chi connectivity index (χ2n) is 6.93. The second-order valence-corrected chi connectivity index (χ2v) is 6.93. The zero-order valence-corrected chi connectivity index (χ0v) is 16.7. The van der Waals surface area contributed by atoms with Gasteiger partial charge in [0.1, 0.15) is 0 Å². The number of hydrogen-bond acceptors (Lipinski definition) is 4. The molecule has 1 fully saturated rings. The molecule has 2 N–H and O–H groups in total. The maximum atomic E-state index is 12.7. The third kappa shape index (κ3) is 4.07. The molecule has 2 aromatic rings. The monoisotopic (exact) mass is 377 g/mol. The molecule has 2 heterocycles. The van der Waals surface area contributed by atoms with Gasteiger partial charge in [-0.05, 0) is 70.3 Å². The Morgan fingerprint density at radius 1 is 1.27 bits per heavy atom. The summed E-state index contributed by atoms with van der Waals surface area (Å²) in [7, 11) is 0. The number of aromatic nitrogens is 3. The van der Waals surface area contributed by atoms with Gasteiger partial charge in [0.25, 0.3) is 5.91 Å². The summed E-state index contributed by atoms with van der Waals surface area (Å²) >= 11 is 0. The van der Waals surface area contributed by atoms with Crippen molar-refractivity contribution >= 4 is 18.3 Å². The predicted octanol–water partition coefficient (Wildman–Crippen LogP) is 3.04. The molecule has 7 heteroatoms. The Morgan fingerprint density at radius 2 is 1.96 bits per heavy atom. The lowest BCUT2D eigenvalue weighted by Crippen LogP contribution is -2.31. The molecule has 1 aliphatic rings. The van der Waals surface area contributed by atoms with Crippen LogP contribution in [0.3, 0.4) is 0 Å². The molecular weight excluding hydrogens is 350 g/mol. The molecule has 0 radical (unpaired) electrons. The molecular formula is C19H28ClN5O. The zero-order chi connectivity index (χ0) is 18.0. The molecule has 1 saturated heterocycles. The molecule has 1 atom stereocenters. The van der Waals surface area contributed by atoms with Crippen LogP contribution in [0.25, 0.3) is 0 Å². The van der Waals surface area contributed by atoms with Gasteiger partial charge in [-0.1, -0.05) is 23.4 Å². The fourth-order valence-corrected chi connectivity index (χ4v) is 3.53. The first kappa shape index (κ1) is 20.4. The Hall–Kier alpha value is -1.92. The number of carbonyl (C=O) groups is 1. The van der Waals surface area contributed by atoms with E-state index in [0.29, 0.717) is 11.7 Å². The van der Waals surface area contributed by atoms with Gasteiger partial charge >= 0.3 is 0 Å². The minimum absolute atomic E-state index is 0. The highest BCUT2D eigenvalue weighted by molar-refractivity contribution is 5.93. The largest absolute Gasteiger partial charge is 0.344 e. The second kappa shape index (κ2) is 8.64. The maximum Gasteiger partial charge on any atom is 0.274 e. The van der Waals surface area contributed by atoms with Crippen LogP contribution < -0.4 is 10.6 Å². The third-order valence-corrected chi connectivity index (χ3v) is 5.26. The third-order valence-electron chi connectivity index (χ3n) is 5.26. The molecule has 0 spiro atoms. The summed E-state index contributed by atoms with van der Waals surface area (Å²) in [4.78, 5) is 12.7. The van der Waals surface area contributed by atoms with E-state index < -0.39 is 0 Å². The van der Waals surface area contributed by atoms with Crippen molar-refractivity contribution in [3.63, 3.8) is 0 Å². The predicted molar refractivity (Wildman–Crippen MR) is 105 cm³/mol. The lowest BCUT2D eigenvalue weighted by molar-refractivity contribution is 0.0934. The quantitative estimate of drug-likeness (QED) is 0.859. The number of hydrogen-bond donors (Lipinski definition) is 2. The van der Waals surface area contributed by atoms with Crippen LogP contribution in [0.1, 0.15) is 64.7 Å². The molecule has 0 saturated carbocycles. The van der Waals surface area contributed by atoms with E-state index in [4.69, 9.17) is 0 Å². The average Bonchev–Trinajstić information content (AvgIpc) is 2.99. The summed E-state index contributed by atoms with van der Waals surface area (Å²) in [6.07, 6.45) is 2.04. The summed E-state index contributed by atoms with van der Waals surface area (Å²) in [5.74, 6) is -0.161. The van der Waals surface area contributed by atoms with Crippen molar-refractivity contribution in [2.24, 2.45) is 0 Å². The first-order chi connectivity index (χ1) is 12.0. The van der Waals surface area contributed by atoms with Gasteiger partial charge in [-0.25, -0.2) is 4.68 Å². The molecule has 26 heavy (non-hydrogen) atoms. The number of rotatable bonds is 4. The molecule has 1 aromatic carbocycles. The first-order valence-electron chi connectivity index (χ1n) is 8.98. The molecule has 1 unspecified atom stereocenters. The van der Waals surface area contributed by atoms with E-state index in [2.05, 4.69) is 46.9 Å². The molecule has 6 nitrogen and oxygen atoms in total. The Labute approximate surface area is 161 Å². The van der Waals surface area contributed by atoms with Crippen LogP contribution in [-0.4, -0.2) is 34.0 Å². The van der Waals surface area contributed by atoms with Gasteiger partial charge in [-0.3, -0.25) is 4.79 Å². The van der Waals surface area contributed by atoms with E-state index in [9.17, 15) is 4.79 Å². The topological polar surface area (TPSA) is 71.8 Å². The van der Waals surface area contributed by atoms with Crippen molar-refractivity contribution in [3.8, 4) is 0 Å². The van der Waals surface area contributed by atoms with Crippen LogP contribution in [0.4, 0.5) is 0 Å². The summed E-state index contributed by atoms with van der Waals surface area (Å²) in [6.45, 7) is 10.1. The number of carbonyl (C=O) groups excluding carboxylic acids is 1. The highest BCUT2D eigenvalue weighted by atomic mass is 35.5. The molecule has 142 valence electrons. The smallest absolute Gasteiger partial charge is 0.274 e. The maximum absolute atomic E-state index is 12.7. The zero-order valence-electron chi connectivity index (χ0n) is 15.9. The van der Waals surface area contributed by atoms with Gasteiger partial charge in [0.2, 0.25) is 0 Å². The van der Waals surface area contributed by atoms with E-state index in [1.165, 1.54) is 11.1 Å². The van der Waals surface area contributed by atoms with Crippen LogP contribution in [0.5, 0.6) is 0 Å². The molecule has 1 aromatic heterocycles. The van der Waals surface area contributed by atoms with Gasteiger partial charge in [-0.15, -0.1) is 17.5 Å². The minimum Gasteiger partial charge on any atom is -0.344 e. The number of nitrogens with zero attached hydrogens (tertiary/aromatic N) is 3. The number of halogens is 1. The first-order valence-corrected chi connectivity index (χ1v) is 8.98. The SMILES string of the molecule is Cc1cccc(C(C)NC(=O)c2nnn(C3CCNCC3)c2C)c1C.Cl. The van der Waals surface area contributed by atoms with Gasteiger partial charge in [0.05, 0.1) is 17.8 Å². The van der Waals surface area contributed by atoms with Crippen molar-refractivity contribution in [2.45, 2.75) is 52.6 Å². The van der Waals surface area contributed by atoms with Gasteiger partial charge < -0.3 is 10.6 Å². The summed E-state index contributed by atoms with van der Waals surface area (Å²) in [6, 6.07) is 6.43. The Bertz CT molecular complexity index is 767. The van der Waals surface area contributed by atoms with E-state index in [-0.39, 0.29) is 24.4 Å². The van der Waals surface area contributed by atoms with Crippen LogP contribution in [0.15, 0.2) is 18.2 Å². The lowest BCUT2D eigenvalue weighted by Gasteiger charge is -2.23. The molecule has 0 bridgehead atoms. The van der Waals surface area contributed by atoms with Crippen molar-refractivity contribution in [1.29, 1.82) is 0 Å². The van der Waals surface area contributed by atoms with Crippen molar-refractivity contribution in [1.82, 2.24) is 25.6 Å². The molecule has 0 aliphatic carbocycles. The average molecular weight is 378 g/mol. The van der Waals surface area contributed by atoms with Crippen LogP contribution >= 0.6 is 12.4 Å². The van der Waals surface area contributed by atoms with Crippen molar-refractivity contribution in [3.05, 3.63) is 46.3 Å². The van der Waals surface area contributed by atoms with E-state index in [0.717, 1.165) is 37.2 Å². The summed E-state index contributed by atoms with van der Waals surface area (Å²) < 4.78 is 1.92. The fourth-order valence-electron chi connectivity index (χ4n) is 3.53. The lowest BCUT2D eigenvalue weighted by atomic mass is 9.98. The Morgan fingerprint density at radius 3 is 2.65 bits per heavy atom. The number of nitrogens with one attached hydrogen (secondary N) is 2. The molecule has 1 amide bonds. The number of benzene rings is 1. The fraction of sp³-hybridized carbons (Fsp3) is 0.526. The normalized spacial score (nSPS) is 16.0. The van der Waals surface area contributed by atoms with Crippen LogP contribution in [0, 0.1) is 20.8 Å². The summed E-state index contributed by atoms with van der Waals surface area (Å²) in [5, 5.41) is 14.8. The Balaban J connectivity index is 0.00000243. The van der Waals surface area contributed by atoms with Crippen LogP contribution in [0.2, 0.25) is 0 Å². The standard InChI is InChI=1S/C19H27N5O.ClH/c1-12-6-5-7-17(13(12)2)14(3)21-19(25)18-15(4)24(23-22-18)16-8-10-20-11-9-16;/h5-7,14,16,20H,8-11H2,1-4H3,(H,21,25);1H. The van der Waals surface area contributed by atoms with Crippen molar-refractivity contribution < 1.29 is 4.79 Å². The van der Waals surface area contributed by atoms with Gasteiger partial charge in [-0.2, -0.15) is 0 Å². The number of piperidine rings is 1.